The van der Waals surface area contributed by atoms with E-state index in [9.17, 15) is 0 Å². The fourth-order valence-corrected chi connectivity index (χ4v) is 3.70. The molecule has 0 spiro atoms. The fraction of sp³-hybridized carbons (Fsp3) is 0.722. The molecule has 0 aromatic carbocycles. The van der Waals surface area contributed by atoms with Crippen LogP contribution in [0.25, 0.3) is 0 Å². The zero-order valence-corrected chi connectivity index (χ0v) is 13.9. The molecular formula is C18H31N3. The van der Waals surface area contributed by atoms with Crippen molar-refractivity contribution in [3.05, 3.63) is 30.1 Å². The lowest BCUT2D eigenvalue weighted by molar-refractivity contribution is 0.141. The van der Waals surface area contributed by atoms with Crippen LogP contribution in [-0.4, -0.2) is 36.1 Å². The quantitative estimate of drug-likeness (QED) is 0.834. The minimum Gasteiger partial charge on any atom is -0.317 e. The van der Waals surface area contributed by atoms with Gasteiger partial charge in [0.2, 0.25) is 0 Å². The van der Waals surface area contributed by atoms with Gasteiger partial charge in [0.25, 0.3) is 0 Å². The third-order valence-corrected chi connectivity index (χ3v) is 5.13. The Morgan fingerprint density at radius 1 is 1.24 bits per heavy atom. The number of pyridine rings is 1. The third kappa shape index (κ3) is 4.79. The molecule has 1 aromatic rings. The standard InChI is InChI=1S/C18H31N3/c1-4-15-6-7-18(19-3)17(12-15)14-21(5-2)13-16-8-10-20-11-9-16/h8-11,15,17-19H,4-7,12-14H2,1-3H3. The van der Waals surface area contributed by atoms with Crippen LogP contribution in [-0.2, 0) is 6.54 Å². The molecule has 3 unspecified atom stereocenters. The molecule has 0 amide bonds. The molecule has 3 heteroatoms. The number of hydrogen-bond acceptors (Lipinski definition) is 3. The van der Waals surface area contributed by atoms with E-state index in [1.807, 2.05) is 12.4 Å². The van der Waals surface area contributed by atoms with E-state index in [-0.39, 0.29) is 0 Å². The summed E-state index contributed by atoms with van der Waals surface area (Å²) in [7, 11) is 2.13. The molecule has 1 aromatic heterocycles. The molecular weight excluding hydrogens is 258 g/mol. The lowest BCUT2D eigenvalue weighted by Crippen LogP contribution is -2.44. The lowest BCUT2D eigenvalue weighted by Gasteiger charge is -2.38. The van der Waals surface area contributed by atoms with Gasteiger partial charge in [0.15, 0.2) is 0 Å². The summed E-state index contributed by atoms with van der Waals surface area (Å²) in [5, 5.41) is 3.56. The Bertz CT molecular complexity index is 393. The Balaban J connectivity index is 1.95. The highest BCUT2D eigenvalue weighted by molar-refractivity contribution is 5.09. The van der Waals surface area contributed by atoms with E-state index >= 15 is 0 Å². The summed E-state index contributed by atoms with van der Waals surface area (Å²) in [6, 6.07) is 4.96. The van der Waals surface area contributed by atoms with E-state index in [1.165, 1.54) is 37.8 Å². The van der Waals surface area contributed by atoms with Gasteiger partial charge in [0.1, 0.15) is 0 Å². The molecule has 0 radical (unpaired) electrons. The highest BCUT2D eigenvalue weighted by atomic mass is 15.1. The molecule has 3 nitrogen and oxygen atoms in total. The predicted molar refractivity (Wildman–Crippen MR) is 89.2 cm³/mol. The Labute approximate surface area is 130 Å². The smallest absolute Gasteiger partial charge is 0.0271 e. The molecule has 118 valence electrons. The van der Waals surface area contributed by atoms with Crippen molar-refractivity contribution in [2.24, 2.45) is 11.8 Å². The Kier molecular flexibility index (Phi) is 6.65. The van der Waals surface area contributed by atoms with Crippen LogP contribution >= 0.6 is 0 Å². The molecule has 0 bridgehead atoms. The van der Waals surface area contributed by atoms with Crippen molar-refractivity contribution >= 4 is 0 Å². The Morgan fingerprint density at radius 2 is 2.00 bits per heavy atom. The monoisotopic (exact) mass is 289 g/mol. The summed E-state index contributed by atoms with van der Waals surface area (Å²) in [4.78, 5) is 6.70. The van der Waals surface area contributed by atoms with Crippen molar-refractivity contribution in [1.29, 1.82) is 0 Å². The maximum atomic E-state index is 4.11. The van der Waals surface area contributed by atoms with E-state index in [1.54, 1.807) is 0 Å². The summed E-state index contributed by atoms with van der Waals surface area (Å²) in [5.74, 6) is 1.72. The van der Waals surface area contributed by atoms with Crippen LogP contribution in [0.2, 0.25) is 0 Å². The maximum Gasteiger partial charge on any atom is 0.0271 e. The zero-order chi connectivity index (χ0) is 15.1. The van der Waals surface area contributed by atoms with Crippen molar-refractivity contribution in [2.75, 3.05) is 20.1 Å². The van der Waals surface area contributed by atoms with E-state index in [2.05, 4.69) is 48.2 Å². The van der Waals surface area contributed by atoms with Crippen molar-refractivity contribution in [1.82, 2.24) is 15.2 Å². The minimum absolute atomic E-state index is 0.694. The van der Waals surface area contributed by atoms with Gasteiger partial charge in [-0.3, -0.25) is 9.88 Å². The van der Waals surface area contributed by atoms with E-state index in [0.29, 0.717) is 6.04 Å². The number of rotatable bonds is 7. The van der Waals surface area contributed by atoms with Gasteiger partial charge >= 0.3 is 0 Å². The van der Waals surface area contributed by atoms with Crippen LogP contribution in [0.5, 0.6) is 0 Å². The van der Waals surface area contributed by atoms with Gasteiger partial charge in [-0.15, -0.1) is 0 Å². The van der Waals surface area contributed by atoms with Gasteiger partial charge < -0.3 is 5.32 Å². The first-order valence-electron chi connectivity index (χ1n) is 8.55. The molecule has 1 heterocycles. The molecule has 0 aliphatic heterocycles. The van der Waals surface area contributed by atoms with Gasteiger partial charge in [0.05, 0.1) is 0 Å². The summed E-state index contributed by atoms with van der Waals surface area (Å²) in [6.07, 6.45) is 9.25. The van der Waals surface area contributed by atoms with Crippen LogP contribution < -0.4 is 5.32 Å². The zero-order valence-electron chi connectivity index (χ0n) is 13.9. The van der Waals surface area contributed by atoms with Crippen LogP contribution in [0.15, 0.2) is 24.5 Å². The molecule has 1 fully saturated rings. The van der Waals surface area contributed by atoms with E-state index in [4.69, 9.17) is 0 Å². The highest BCUT2D eigenvalue weighted by Gasteiger charge is 2.29. The van der Waals surface area contributed by atoms with Crippen LogP contribution in [0, 0.1) is 11.8 Å². The van der Waals surface area contributed by atoms with Crippen LogP contribution in [0.3, 0.4) is 0 Å². The molecule has 21 heavy (non-hydrogen) atoms. The molecule has 0 saturated heterocycles. The van der Waals surface area contributed by atoms with E-state index < -0.39 is 0 Å². The highest BCUT2D eigenvalue weighted by Crippen LogP contribution is 2.32. The maximum absolute atomic E-state index is 4.11. The molecule has 3 atom stereocenters. The third-order valence-electron chi connectivity index (χ3n) is 5.13. The lowest BCUT2D eigenvalue weighted by atomic mass is 9.76. The topological polar surface area (TPSA) is 28.2 Å². The molecule has 1 saturated carbocycles. The molecule has 2 rings (SSSR count). The summed E-state index contributed by atoms with van der Waals surface area (Å²) in [6.45, 7) is 7.99. The second-order valence-corrected chi connectivity index (χ2v) is 6.43. The minimum atomic E-state index is 0.694. The number of aromatic nitrogens is 1. The van der Waals surface area contributed by atoms with Crippen molar-refractivity contribution < 1.29 is 0 Å². The predicted octanol–water partition coefficient (Wildman–Crippen LogP) is 3.32. The average Bonchev–Trinajstić information content (AvgIpc) is 2.55. The number of nitrogens with zero attached hydrogens (tertiary/aromatic N) is 2. The SMILES string of the molecule is CCC1CCC(NC)C(CN(CC)Cc2ccncc2)C1. The van der Waals surface area contributed by atoms with Gasteiger partial charge in [0, 0.05) is 31.5 Å². The first kappa shape index (κ1) is 16.4. The van der Waals surface area contributed by atoms with Crippen LogP contribution in [0.1, 0.15) is 45.1 Å². The Hall–Kier alpha value is -0.930. The molecule has 1 aliphatic carbocycles. The summed E-state index contributed by atoms with van der Waals surface area (Å²) in [5.41, 5.74) is 1.37. The second-order valence-electron chi connectivity index (χ2n) is 6.43. The first-order valence-corrected chi connectivity index (χ1v) is 8.55. The van der Waals surface area contributed by atoms with Gasteiger partial charge in [-0.25, -0.2) is 0 Å². The van der Waals surface area contributed by atoms with Gasteiger partial charge in [-0.05, 0) is 62.4 Å². The van der Waals surface area contributed by atoms with Gasteiger partial charge in [-0.1, -0.05) is 20.3 Å². The fourth-order valence-electron chi connectivity index (χ4n) is 3.70. The number of hydrogen-bond donors (Lipinski definition) is 1. The van der Waals surface area contributed by atoms with Crippen molar-refractivity contribution in [3.8, 4) is 0 Å². The summed E-state index contributed by atoms with van der Waals surface area (Å²) < 4.78 is 0. The Morgan fingerprint density at radius 3 is 2.62 bits per heavy atom. The average molecular weight is 289 g/mol. The second kappa shape index (κ2) is 8.50. The largest absolute Gasteiger partial charge is 0.317 e. The normalized spacial score (nSPS) is 26.2. The molecule has 1 N–H and O–H groups in total. The molecule has 1 aliphatic rings. The van der Waals surface area contributed by atoms with Crippen molar-refractivity contribution in [2.45, 2.75) is 52.1 Å². The van der Waals surface area contributed by atoms with Crippen molar-refractivity contribution in [3.63, 3.8) is 0 Å². The van der Waals surface area contributed by atoms with Gasteiger partial charge in [-0.2, -0.15) is 0 Å². The first-order chi connectivity index (χ1) is 10.3. The van der Waals surface area contributed by atoms with Crippen LogP contribution in [0.4, 0.5) is 0 Å². The van der Waals surface area contributed by atoms with E-state index in [0.717, 1.165) is 24.9 Å². The number of nitrogens with one attached hydrogen (secondary N) is 1. The summed E-state index contributed by atoms with van der Waals surface area (Å²) >= 11 is 0.